The largest absolute Gasteiger partial charge is 0.508 e. The molecule has 0 saturated carbocycles. The van der Waals surface area contributed by atoms with Gasteiger partial charge in [-0.15, -0.1) is 0 Å². The van der Waals surface area contributed by atoms with Crippen LogP contribution in [0.4, 0.5) is 0 Å². The molecule has 0 amide bonds. The van der Waals surface area contributed by atoms with Gasteiger partial charge in [-0.25, -0.2) is 0 Å². The number of hydrogen-bond acceptors (Lipinski definition) is 6. The van der Waals surface area contributed by atoms with Crippen molar-refractivity contribution in [3.05, 3.63) is 50.8 Å². The maximum atomic E-state index is 14.1. The standard InChI is InChI=1S/C31H36O6/c1-8-9-10-11-19-12-20(16(2)3)21-14-29(6)15-30(7)13-17(4)22(18(5)32)27(35)31(30,37)28(36)24(29)26(34)23(21)25(19)33/h12,16,33,36-37H,8-9,13-15H2,1-7H3/t29-,30+,31+/m1/s1. The van der Waals surface area contributed by atoms with Crippen molar-refractivity contribution >= 4 is 17.3 Å². The highest BCUT2D eigenvalue weighted by molar-refractivity contribution is 6.25. The van der Waals surface area contributed by atoms with Gasteiger partial charge in [0.1, 0.15) is 11.5 Å². The Morgan fingerprint density at radius 3 is 2.38 bits per heavy atom. The highest BCUT2D eigenvalue weighted by Gasteiger charge is 2.67. The van der Waals surface area contributed by atoms with Crippen LogP contribution in [-0.2, 0) is 16.0 Å². The van der Waals surface area contributed by atoms with E-state index in [2.05, 4.69) is 11.8 Å². The number of benzene rings is 1. The summed E-state index contributed by atoms with van der Waals surface area (Å²) in [7, 11) is 0. The quantitative estimate of drug-likeness (QED) is 0.383. The fourth-order valence-corrected chi connectivity index (χ4v) is 7.02. The van der Waals surface area contributed by atoms with Crippen molar-refractivity contribution in [2.24, 2.45) is 10.8 Å². The number of rotatable bonds is 3. The van der Waals surface area contributed by atoms with Crippen molar-refractivity contribution in [3.63, 3.8) is 0 Å². The maximum Gasteiger partial charge on any atom is 0.206 e. The van der Waals surface area contributed by atoms with Gasteiger partial charge in [-0.3, -0.25) is 14.4 Å². The highest BCUT2D eigenvalue weighted by atomic mass is 16.3. The zero-order valence-corrected chi connectivity index (χ0v) is 22.8. The molecule has 0 fully saturated rings. The summed E-state index contributed by atoms with van der Waals surface area (Å²) < 4.78 is 0. The summed E-state index contributed by atoms with van der Waals surface area (Å²) in [5.74, 6) is 3.13. The third-order valence-corrected chi connectivity index (χ3v) is 8.51. The molecule has 3 atom stereocenters. The zero-order valence-electron chi connectivity index (χ0n) is 22.8. The van der Waals surface area contributed by atoms with Crippen LogP contribution in [0, 0.1) is 22.7 Å². The number of hydrogen-bond donors (Lipinski definition) is 3. The third kappa shape index (κ3) is 3.62. The molecular weight excluding hydrogens is 468 g/mol. The van der Waals surface area contributed by atoms with Gasteiger partial charge in [0.15, 0.2) is 17.2 Å². The number of aliphatic hydroxyl groups excluding tert-OH is 1. The number of fused-ring (bicyclic) bond motifs is 3. The van der Waals surface area contributed by atoms with E-state index in [9.17, 15) is 29.7 Å². The molecule has 196 valence electrons. The predicted octanol–water partition coefficient (Wildman–Crippen LogP) is 5.24. The van der Waals surface area contributed by atoms with E-state index in [1.807, 2.05) is 33.8 Å². The van der Waals surface area contributed by atoms with E-state index in [-0.39, 0.29) is 41.2 Å². The van der Waals surface area contributed by atoms with Crippen molar-refractivity contribution in [3.8, 4) is 17.6 Å². The van der Waals surface area contributed by atoms with Crippen molar-refractivity contribution in [2.45, 2.75) is 92.1 Å². The third-order valence-electron chi connectivity index (χ3n) is 8.51. The van der Waals surface area contributed by atoms with Crippen molar-refractivity contribution in [2.75, 3.05) is 0 Å². The molecule has 6 nitrogen and oxygen atoms in total. The Kier molecular flexibility index (Phi) is 6.32. The molecule has 4 rings (SSSR count). The number of allylic oxidation sites excluding steroid dienone is 2. The van der Waals surface area contributed by atoms with Crippen LogP contribution in [0.25, 0.3) is 0 Å². The molecular formula is C31H36O6. The molecule has 0 radical (unpaired) electrons. The summed E-state index contributed by atoms with van der Waals surface area (Å²) in [6.45, 7) is 12.6. The predicted molar refractivity (Wildman–Crippen MR) is 140 cm³/mol. The van der Waals surface area contributed by atoms with Crippen LogP contribution in [0.1, 0.15) is 107 Å². The molecule has 3 aliphatic rings. The smallest absolute Gasteiger partial charge is 0.206 e. The van der Waals surface area contributed by atoms with Crippen LogP contribution in [0.5, 0.6) is 5.75 Å². The van der Waals surface area contributed by atoms with Gasteiger partial charge in [0, 0.05) is 22.8 Å². The van der Waals surface area contributed by atoms with Gasteiger partial charge in [0.05, 0.1) is 16.7 Å². The van der Waals surface area contributed by atoms with Crippen LogP contribution < -0.4 is 0 Å². The number of ketones is 3. The van der Waals surface area contributed by atoms with Crippen LogP contribution in [0.2, 0.25) is 0 Å². The molecule has 37 heavy (non-hydrogen) atoms. The lowest BCUT2D eigenvalue weighted by Crippen LogP contribution is -2.63. The second kappa shape index (κ2) is 8.70. The van der Waals surface area contributed by atoms with E-state index in [0.717, 1.165) is 12.0 Å². The molecule has 0 unspecified atom stereocenters. The average Bonchev–Trinajstić information content (AvgIpc) is 2.77. The molecule has 6 heteroatoms. The van der Waals surface area contributed by atoms with Gasteiger partial charge in [-0.1, -0.05) is 52.0 Å². The van der Waals surface area contributed by atoms with Gasteiger partial charge in [0.25, 0.3) is 0 Å². The van der Waals surface area contributed by atoms with Crippen LogP contribution >= 0.6 is 0 Å². The second-order valence-corrected chi connectivity index (χ2v) is 11.9. The zero-order chi connectivity index (χ0) is 27.7. The van der Waals surface area contributed by atoms with Crippen LogP contribution in [0.15, 0.2) is 28.5 Å². The normalized spacial score (nSPS) is 29.0. The van der Waals surface area contributed by atoms with E-state index >= 15 is 0 Å². The van der Waals surface area contributed by atoms with E-state index in [1.54, 1.807) is 13.8 Å². The van der Waals surface area contributed by atoms with Gasteiger partial charge in [-0.2, -0.15) is 0 Å². The van der Waals surface area contributed by atoms with Crippen molar-refractivity contribution in [1.29, 1.82) is 0 Å². The fourth-order valence-electron chi connectivity index (χ4n) is 7.02. The van der Waals surface area contributed by atoms with Crippen LogP contribution in [-0.4, -0.2) is 38.3 Å². The molecule has 0 heterocycles. The summed E-state index contributed by atoms with van der Waals surface area (Å²) in [4.78, 5) is 40.0. The number of carbonyl (C=O) groups excluding carboxylic acids is 3. The first kappa shape index (κ1) is 26.9. The Hall–Kier alpha value is -3.17. The molecule has 1 aromatic rings. The van der Waals surface area contributed by atoms with Crippen molar-refractivity contribution in [1.82, 2.24) is 0 Å². The minimum absolute atomic E-state index is 0.0484. The van der Waals surface area contributed by atoms with E-state index in [1.165, 1.54) is 6.92 Å². The van der Waals surface area contributed by atoms with Gasteiger partial charge < -0.3 is 15.3 Å². The Morgan fingerprint density at radius 2 is 1.81 bits per heavy atom. The first-order valence-corrected chi connectivity index (χ1v) is 13.0. The number of phenols is 1. The minimum atomic E-state index is -2.41. The molecule has 0 aromatic heterocycles. The number of carbonyl (C=O) groups is 3. The van der Waals surface area contributed by atoms with E-state index in [4.69, 9.17) is 0 Å². The van der Waals surface area contributed by atoms with E-state index in [0.29, 0.717) is 29.5 Å². The number of aliphatic hydroxyl groups is 2. The van der Waals surface area contributed by atoms with E-state index < -0.39 is 39.5 Å². The second-order valence-electron chi connectivity index (χ2n) is 11.9. The minimum Gasteiger partial charge on any atom is -0.508 e. The van der Waals surface area contributed by atoms with Gasteiger partial charge in [0.2, 0.25) is 5.78 Å². The first-order chi connectivity index (χ1) is 17.1. The Morgan fingerprint density at radius 1 is 1.16 bits per heavy atom. The summed E-state index contributed by atoms with van der Waals surface area (Å²) >= 11 is 0. The average molecular weight is 505 g/mol. The number of phenolic OH excluding ortho intramolecular Hbond substituents is 1. The number of aromatic hydroxyl groups is 1. The maximum absolute atomic E-state index is 14.1. The van der Waals surface area contributed by atoms with Gasteiger partial charge >= 0.3 is 0 Å². The number of Topliss-reactive ketones (excluding diaryl/α,β-unsaturated/α-hetero) is 3. The number of unbranched alkanes of at least 4 members (excludes halogenated alkanes) is 1. The molecule has 1 aromatic carbocycles. The summed E-state index contributed by atoms with van der Waals surface area (Å²) in [5, 5.41) is 34.7. The molecule has 0 spiro atoms. The van der Waals surface area contributed by atoms with Gasteiger partial charge in [-0.05, 0) is 62.6 Å². The molecule has 3 N–H and O–H groups in total. The highest BCUT2D eigenvalue weighted by Crippen LogP contribution is 2.62. The first-order valence-electron chi connectivity index (χ1n) is 13.0. The Labute approximate surface area is 218 Å². The molecule has 0 saturated heterocycles. The monoisotopic (exact) mass is 504 g/mol. The summed E-state index contributed by atoms with van der Waals surface area (Å²) in [6, 6.07) is 1.85. The summed E-state index contributed by atoms with van der Waals surface area (Å²) in [5.41, 5.74) is -2.02. The molecule has 0 bridgehead atoms. The van der Waals surface area contributed by atoms with Crippen molar-refractivity contribution < 1.29 is 29.7 Å². The molecule has 0 aliphatic heterocycles. The summed E-state index contributed by atoms with van der Waals surface area (Å²) in [6.07, 6.45) is 2.32. The Bertz CT molecular complexity index is 1380. The fraction of sp³-hybridized carbons (Fsp3) is 0.516. The lowest BCUT2D eigenvalue weighted by Gasteiger charge is -2.56. The molecule has 3 aliphatic carbocycles. The topological polar surface area (TPSA) is 112 Å². The SMILES string of the molecule is CCCC#Cc1cc(C(C)C)c2c(c1O)C(=O)C1=C(O)[C@@]3(O)C(=O)C(C(C)=O)=C(C)C[C@@]3(C)C[C@@]1(C)C2. The Balaban J connectivity index is 2.02. The van der Waals surface area contributed by atoms with Crippen LogP contribution in [0.3, 0.4) is 0 Å². The lowest BCUT2D eigenvalue weighted by molar-refractivity contribution is -0.157. The lowest BCUT2D eigenvalue weighted by atomic mass is 9.48.